The minimum atomic E-state index is -0.893. The van der Waals surface area contributed by atoms with Gasteiger partial charge in [0.25, 0.3) is 5.91 Å². The minimum Gasteiger partial charge on any atom is -0.436 e. The minimum absolute atomic E-state index is 0. The molecule has 6 rings (SSSR count). The third-order valence-electron chi connectivity index (χ3n) is 9.93. The van der Waals surface area contributed by atoms with Crippen molar-refractivity contribution in [3.8, 4) is 0 Å². The summed E-state index contributed by atoms with van der Waals surface area (Å²) >= 11 is 3.61. The van der Waals surface area contributed by atoms with Crippen molar-refractivity contribution in [3.63, 3.8) is 0 Å². The fourth-order valence-electron chi connectivity index (χ4n) is 7.15. The second-order valence-electron chi connectivity index (χ2n) is 12.8. The van der Waals surface area contributed by atoms with Crippen LogP contribution in [0.3, 0.4) is 0 Å². The van der Waals surface area contributed by atoms with Crippen LogP contribution in [-0.2, 0) is 22.4 Å². The number of para-hydroxylation sites is 1. The number of nitrogens with zero attached hydrogens (tertiary/aromatic N) is 4. The third kappa shape index (κ3) is 8.04. The number of urea groups is 1. The summed E-state index contributed by atoms with van der Waals surface area (Å²) in [5.74, 6) is -0.116. The lowest BCUT2D eigenvalue weighted by molar-refractivity contribution is -0.142. The molecule has 46 heavy (non-hydrogen) atoms. The van der Waals surface area contributed by atoms with Crippen LogP contribution in [0.15, 0.2) is 46.9 Å². The molecule has 4 amide bonds. The Hall–Kier alpha value is -3.15. The van der Waals surface area contributed by atoms with Gasteiger partial charge >= 0.3 is 12.1 Å². The lowest BCUT2D eigenvalue weighted by Gasteiger charge is -2.41. The van der Waals surface area contributed by atoms with Gasteiger partial charge in [-0.25, -0.2) is 9.59 Å². The van der Waals surface area contributed by atoms with Gasteiger partial charge in [0.15, 0.2) is 6.10 Å². The summed E-state index contributed by atoms with van der Waals surface area (Å²) in [6.45, 7) is 9.10. The van der Waals surface area contributed by atoms with E-state index in [0.717, 1.165) is 72.3 Å². The Bertz CT molecular complexity index is 1370. The molecule has 0 radical (unpaired) electrons. The summed E-state index contributed by atoms with van der Waals surface area (Å²) in [5.41, 5.74) is 4.06. The van der Waals surface area contributed by atoms with E-state index in [1.165, 1.54) is 0 Å². The van der Waals surface area contributed by atoms with E-state index in [1.807, 2.05) is 53.1 Å². The maximum absolute atomic E-state index is 13.9. The number of fused-ring (bicyclic) bond motifs is 1. The number of carbonyl (C=O) groups is 3. The van der Waals surface area contributed by atoms with E-state index in [-0.39, 0.29) is 25.4 Å². The van der Waals surface area contributed by atoms with E-state index in [4.69, 9.17) is 4.74 Å². The molecule has 4 heterocycles. The van der Waals surface area contributed by atoms with Crippen LogP contribution in [0.25, 0.3) is 0 Å². The quantitative estimate of drug-likeness (QED) is 0.447. The van der Waals surface area contributed by atoms with Crippen LogP contribution < -0.4 is 10.6 Å². The number of ether oxygens (including phenoxy) is 1. The SMILES string of the molecule is C.Cc1ccc(C[C@@H](OC(=O)N2CCC(N3CCc4ccccc4NC3=O)CC2)C(=O)N2CCC(N3CCNCC3)CC2)cc1Br. The number of halogens is 1. The molecule has 1 atom stereocenters. The van der Waals surface area contributed by atoms with E-state index in [2.05, 4.69) is 37.5 Å². The largest absolute Gasteiger partial charge is 0.436 e. The first-order chi connectivity index (χ1) is 21.9. The van der Waals surface area contributed by atoms with Gasteiger partial charge in [0.05, 0.1) is 0 Å². The average Bonchev–Trinajstić information content (AvgIpc) is 3.24. The van der Waals surface area contributed by atoms with Crippen molar-refractivity contribution in [2.24, 2.45) is 0 Å². The molecular weight excluding hydrogens is 648 g/mol. The zero-order valence-electron chi connectivity index (χ0n) is 26.2. The highest BCUT2D eigenvalue weighted by molar-refractivity contribution is 9.10. The molecule has 0 bridgehead atoms. The first-order valence-corrected chi connectivity index (χ1v) is 17.2. The molecule has 0 saturated carbocycles. The number of anilines is 1. The van der Waals surface area contributed by atoms with Crippen molar-refractivity contribution in [3.05, 3.63) is 63.6 Å². The Morgan fingerprint density at radius 1 is 0.913 bits per heavy atom. The molecule has 0 aliphatic carbocycles. The van der Waals surface area contributed by atoms with Gasteiger partial charge in [-0.15, -0.1) is 0 Å². The van der Waals surface area contributed by atoms with Gasteiger partial charge in [-0.2, -0.15) is 0 Å². The Morgan fingerprint density at radius 2 is 1.59 bits per heavy atom. The average molecular weight is 698 g/mol. The molecule has 2 N–H and O–H groups in total. The molecule has 4 aliphatic rings. The topological polar surface area (TPSA) is 97.5 Å². The standard InChI is InChI=1S/C34H45BrN6O4.CH4/c1-24-6-7-25(22-29(24)35)23-31(32(42)39-15-9-27(10-16-39)38-20-13-36-14-21-38)45-34(44)40-17-11-28(12-18-40)41-19-8-26-4-2-3-5-30(26)37-33(41)43;/h2-7,22,27-28,31,36H,8-21,23H2,1H3,(H,37,43);1H4/t31-;/m1./s1. The molecule has 3 saturated heterocycles. The Morgan fingerprint density at radius 3 is 2.30 bits per heavy atom. The summed E-state index contributed by atoms with van der Waals surface area (Å²) in [4.78, 5) is 48.5. The molecule has 10 nitrogen and oxygen atoms in total. The summed E-state index contributed by atoms with van der Waals surface area (Å²) in [6, 6.07) is 14.4. The van der Waals surface area contributed by atoms with E-state index in [9.17, 15) is 14.4 Å². The second-order valence-corrected chi connectivity index (χ2v) is 13.6. The van der Waals surface area contributed by atoms with Gasteiger partial charge in [-0.05, 0) is 67.9 Å². The van der Waals surface area contributed by atoms with Crippen molar-refractivity contribution >= 4 is 39.6 Å². The number of benzene rings is 2. The Labute approximate surface area is 281 Å². The number of hydrogen-bond donors (Lipinski definition) is 2. The number of likely N-dealkylation sites (tertiary alicyclic amines) is 2. The molecule has 11 heteroatoms. The van der Waals surface area contributed by atoms with Gasteiger partial charge in [0.1, 0.15) is 0 Å². The molecule has 2 aromatic rings. The Balaban J connectivity index is 0.00000417. The number of piperazine rings is 1. The zero-order chi connectivity index (χ0) is 31.3. The summed E-state index contributed by atoms with van der Waals surface area (Å²) in [7, 11) is 0. The van der Waals surface area contributed by atoms with E-state index >= 15 is 0 Å². The fourth-order valence-corrected chi connectivity index (χ4v) is 7.58. The van der Waals surface area contributed by atoms with Crippen LogP contribution in [0, 0.1) is 6.92 Å². The first-order valence-electron chi connectivity index (χ1n) is 16.5. The van der Waals surface area contributed by atoms with Crippen molar-refractivity contribution in [1.82, 2.24) is 24.9 Å². The maximum atomic E-state index is 13.9. The molecule has 250 valence electrons. The molecule has 2 aromatic carbocycles. The van der Waals surface area contributed by atoms with Crippen molar-refractivity contribution in [1.29, 1.82) is 0 Å². The number of hydrogen-bond acceptors (Lipinski definition) is 6. The number of piperidine rings is 2. The van der Waals surface area contributed by atoms with E-state index in [0.29, 0.717) is 58.0 Å². The van der Waals surface area contributed by atoms with Crippen LogP contribution in [0.5, 0.6) is 0 Å². The normalized spacial score (nSPS) is 20.7. The van der Waals surface area contributed by atoms with Gasteiger partial charge in [-0.3, -0.25) is 9.69 Å². The zero-order valence-corrected chi connectivity index (χ0v) is 27.8. The number of carbonyl (C=O) groups excluding carboxylic acids is 3. The molecular formula is C35H49BrN6O4. The van der Waals surface area contributed by atoms with Gasteiger partial charge in [0, 0.05) is 87.6 Å². The highest BCUT2D eigenvalue weighted by atomic mass is 79.9. The van der Waals surface area contributed by atoms with Crippen LogP contribution in [-0.4, -0.2) is 115 Å². The fraction of sp³-hybridized carbons (Fsp3) is 0.571. The van der Waals surface area contributed by atoms with Crippen molar-refractivity contribution in [2.45, 2.75) is 71.1 Å². The van der Waals surface area contributed by atoms with Crippen molar-refractivity contribution < 1.29 is 19.1 Å². The Kier molecular flexibility index (Phi) is 11.6. The highest BCUT2D eigenvalue weighted by Crippen LogP contribution is 2.26. The van der Waals surface area contributed by atoms with Crippen LogP contribution >= 0.6 is 15.9 Å². The summed E-state index contributed by atoms with van der Waals surface area (Å²) in [6.07, 6.45) is 2.98. The number of rotatable bonds is 6. The lowest BCUT2D eigenvalue weighted by Crippen LogP contribution is -2.54. The number of aryl methyl sites for hydroxylation is 1. The highest BCUT2D eigenvalue weighted by Gasteiger charge is 2.36. The summed E-state index contributed by atoms with van der Waals surface area (Å²) in [5, 5.41) is 6.47. The van der Waals surface area contributed by atoms with E-state index in [1.54, 1.807) is 4.90 Å². The summed E-state index contributed by atoms with van der Waals surface area (Å²) < 4.78 is 7.02. The first kappa shape index (κ1) is 34.2. The molecule has 0 spiro atoms. The predicted octanol–water partition coefficient (Wildman–Crippen LogP) is 4.89. The van der Waals surface area contributed by atoms with E-state index < -0.39 is 12.2 Å². The third-order valence-corrected chi connectivity index (χ3v) is 10.8. The smallest absolute Gasteiger partial charge is 0.410 e. The molecule has 0 unspecified atom stereocenters. The molecule has 0 aromatic heterocycles. The maximum Gasteiger partial charge on any atom is 0.410 e. The lowest BCUT2D eigenvalue weighted by atomic mass is 10.0. The van der Waals surface area contributed by atoms with Crippen LogP contribution in [0.1, 0.15) is 49.8 Å². The van der Waals surface area contributed by atoms with Gasteiger partial charge < -0.3 is 30.1 Å². The van der Waals surface area contributed by atoms with Gasteiger partial charge in [0.2, 0.25) is 0 Å². The van der Waals surface area contributed by atoms with Gasteiger partial charge in [-0.1, -0.05) is 53.7 Å². The molecule has 4 aliphatic heterocycles. The second kappa shape index (κ2) is 15.6. The number of amides is 4. The monoisotopic (exact) mass is 696 g/mol. The predicted molar refractivity (Wildman–Crippen MR) is 184 cm³/mol. The molecule has 3 fully saturated rings. The van der Waals surface area contributed by atoms with Crippen LogP contribution in [0.2, 0.25) is 0 Å². The van der Waals surface area contributed by atoms with Crippen molar-refractivity contribution in [2.75, 3.05) is 64.2 Å². The number of nitrogens with one attached hydrogen (secondary N) is 2. The van der Waals surface area contributed by atoms with Crippen LogP contribution in [0.4, 0.5) is 15.3 Å².